The molecule has 0 spiro atoms. The van der Waals surface area contributed by atoms with Crippen LogP contribution in [0.3, 0.4) is 0 Å². The maximum absolute atomic E-state index is 7.02. The molecule has 59 heavy (non-hydrogen) atoms. The number of ether oxygens (including phenoxy) is 1. The Balaban J connectivity index is 1.13. The van der Waals surface area contributed by atoms with E-state index in [1.54, 1.807) is 0 Å². The first-order chi connectivity index (χ1) is 29.0. The number of anilines is 3. The molecule has 0 radical (unpaired) electrons. The number of rotatable bonds is 4. The van der Waals surface area contributed by atoms with E-state index in [1.165, 1.54) is 60.3 Å². The minimum atomic E-state index is -0.150. The van der Waals surface area contributed by atoms with Crippen molar-refractivity contribution in [3.63, 3.8) is 0 Å². The molecule has 1 heterocycles. The van der Waals surface area contributed by atoms with Gasteiger partial charge in [0.05, 0.1) is 5.69 Å². The van der Waals surface area contributed by atoms with Gasteiger partial charge in [-0.05, 0) is 126 Å². The zero-order valence-corrected chi connectivity index (χ0v) is 32.9. The monoisotopic (exact) mass is 753 g/mol. The third-order valence-electron chi connectivity index (χ3n) is 12.8. The molecule has 1 aliphatic heterocycles. The van der Waals surface area contributed by atoms with Gasteiger partial charge >= 0.3 is 0 Å². The van der Waals surface area contributed by atoms with Crippen LogP contribution in [0.25, 0.3) is 76.8 Å². The van der Waals surface area contributed by atoms with Gasteiger partial charge in [0.2, 0.25) is 0 Å². The zero-order chi connectivity index (χ0) is 39.2. The Labute approximate surface area is 344 Å². The SMILES string of the molecule is CC1(C)c2ccccc2-c2ccc(N(c3ccc4c(c3)-c3cc(-c5ccccc5)ccc3-c3cc5ccccc5cc3O4)c3cc4ccccc4c4ccccc34)cc21. The van der Waals surface area contributed by atoms with Gasteiger partial charge in [-0.3, -0.25) is 0 Å². The Morgan fingerprint density at radius 3 is 1.83 bits per heavy atom. The first-order valence-electron chi connectivity index (χ1n) is 20.5. The quantitative estimate of drug-likeness (QED) is 0.166. The van der Waals surface area contributed by atoms with Crippen molar-refractivity contribution in [1.82, 2.24) is 0 Å². The number of fused-ring (bicyclic) bond motifs is 12. The average molecular weight is 754 g/mol. The molecule has 0 aromatic heterocycles. The Kier molecular flexibility index (Phi) is 7.31. The van der Waals surface area contributed by atoms with E-state index in [2.05, 4.69) is 219 Å². The molecule has 0 bridgehead atoms. The van der Waals surface area contributed by atoms with Crippen LogP contribution < -0.4 is 9.64 Å². The second-order valence-corrected chi connectivity index (χ2v) is 16.5. The smallest absolute Gasteiger partial charge is 0.135 e. The maximum Gasteiger partial charge on any atom is 0.135 e. The predicted molar refractivity (Wildman–Crippen MR) is 248 cm³/mol. The average Bonchev–Trinajstić information content (AvgIpc) is 3.43. The molecule has 10 aromatic rings. The molecule has 0 saturated heterocycles. The van der Waals surface area contributed by atoms with Gasteiger partial charge in [0.25, 0.3) is 0 Å². The fourth-order valence-electron chi connectivity index (χ4n) is 9.88. The molecule has 12 rings (SSSR count). The summed E-state index contributed by atoms with van der Waals surface area (Å²) in [4.78, 5) is 2.47. The third kappa shape index (κ3) is 5.20. The minimum Gasteiger partial charge on any atom is -0.456 e. The molecule has 0 saturated carbocycles. The summed E-state index contributed by atoms with van der Waals surface area (Å²) in [5.74, 6) is 1.70. The van der Waals surface area contributed by atoms with E-state index < -0.39 is 0 Å². The molecule has 2 heteroatoms. The van der Waals surface area contributed by atoms with Crippen molar-refractivity contribution >= 4 is 49.4 Å². The highest BCUT2D eigenvalue weighted by atomic mass is 16.5. The molecule has 1 aliphatic carbocycles. The molecule has 2 nitrogen and oxygen atoms in total. The van der Waals surface area contributed by atoms with E-state index in [0.717, 1.165) is 56.2 Å². The number of hydrogen-bond acceptors (Lipinski definition) is 2. The van der Waals surface area contributed by atoms with Crippen molar-refractivity contribution in [3.8, 4) is 56.0 Å². The second kappa shape index (κ2) is 12.8. The summed E-state index contributed by atoms with van der Waals surface area (Å²) in [5, 5.41) is 7.24. The molecule has 278 valence electrons. The summed E-state index contributed by atoms with van der Waals surface area (Å²) < 4.78 is 7.02. The molecule has 0 N–H and O–H groups in total. The fraction of sp³-hybridized carbons (Fsp3) is 0.0526. The van der Waals surface area contributed by atoms with Gasteiger partial charge in [-0.2, -0.15) is 0 Å². The highest BCUT2D eigenvalue weighted by Crippen LogP contribution is 2.54. The lowest BCUT2D eigenvalue weighted by Gasteiger charge is -2.30. The summed E-state index contributed by atoms with van der Waals surface area (Å²) in [7, 11) is 0. The van der Waals surface area contributed by atoms with Gasteiger partial charge in [0, 0.05) is 33.3 Å². The Morgan fingerprint density at radius 1 is 0.356 bits per heavy atom. The van der Waals surface area contributed by atoms with Gasteiger partial charge in [-0.25, -0.2) is 0 Å². The van der Waals surface area contributed by atoms with Crippen molar-refractivity contribution in [3.05, 3.63) is 211 Å². The summed E-state index contributed by atoms with van der Waals surface area (Å²) in [5.41, 5.74) is 15.3. The number of benzene rings is 10. The molecule has 0 amide bonds. The van der Waals surface area contributed by atoms with Gasteiger partial charge in [0.15, 0.2) is 0 Å². The Morgan fingerprint density at radius 2 is 0.983 bits per heavy atom. The predicted octanol–water partition coefficient (Wildman–Crippen LogP) is 16.0. The highest BCUT2D eigenvalue weighted by Gasteiger charge is 2.36. The lowest BCUT2D eigenvalue weighted by atomic mass is 9.82. The largest absolute Gasteiger partial charge is 0.456 e. The van der Waals surface area contributed by atoms with Gasteiger partial charge < -0.3 is 9.64 Å². The Hall–Kier alpha value is -7.42. The van der Waals surface area contributed by atoms with E-state index in [4.69, 9.17) is 4.74 Å². The number of hydrogen-bond donors (Lipinski definition) is 0. The van der Waals surface area contributed by atoms with Crippen LogP contribution in [0.1, 0.15) is 25.0 Å². The summed E-state index contributed by atoms with van der Waals surface area (Å²) in [6.07, 6.45) is 0. The fourth-order valence-corrected chi connectivity index (χ4v) is 9.88. The molecule has 2 aliphatic rings. The first-order valence-corrected chi connectivity index (χ1v) is 20.5. The van der Waals surface area contributed by atoms with E-state index in [0.29, 0.717) is 0 Å². The van der Waals surface area contributed by atoms with Gasteiger partial charge in [-0.15, -0.1) is 0 Å². The van der Waals surface area contributed by atoms with Crippen LogP contribution in [0, 0.1) is 0 Å². The summed E-state index contributed by atoms with van der Waals surface area (Å²) in [6.45, 7) is 4.72. The van der Waals surface area contributed by atoms with Crippen molar-refractivity contribution in [1.29, 1.82) is 0 Å². The van der Waals surface area contributed by atoms with Crippen LogP contribution in [-0.4, -0.2) is 0 Å². The van der Waals surface area contributed by atoms with Crippen LogP contribution in [0.2, 0.25) is 0 Å². The third-order valence-corrected chi connectivity index (χ3v) is 12.8. The molecular formula is C57H39NO. The van der Waals surface area contributed by atoms with Crippen LogP contribution in [0.4, 0.5) is 17.1 Å². The summed E-state index contributed by atoms with van der Waals surface area (Å²) in [6, 6.07) is 73.3. The molecule has 0 fully saturated rings. The lowest BCUT2D eigenvalue weighted by Crippen LogP contribution is -2.16. The van der Waals surface area contributed by atoms with Crippen LogP contribution >= 0.6 is 0 Å². The Bertz CT molecular complexity index is 3340. The normalized spacial score (nSPS) is 13.2. The standard InChI is InChI=1S/C57H39NO/c1-57(2)52-23-13-12-21-46(52)47-28-25-42(35-53(47)57)58(54-32-40-18-8-9-19-43(40)44-20-10-11-22-48(44)54)41-26-29-55-51(34-41)49-30-39(36-14-4-3-5-15-36)24-27-45(49)50-31-37-16-6-7-17-38(37)33-56(50)59-55/h3-35H,1-2H3. The maximum atomic E-state index is 7.02. The van der Waals surface area contributed by atoms with Crippen LogP contribution in [-0.2, 0) is 5.41 Å². The van der Waals surface area contributed by atoms with Crippen molar-refractivity contribution in [2.45, 2.75) is 19.3 Å². The lowest BCUT2D eigenvalue weighted by molar-refractivity contribution is 0.488. The number of nitrogens with zero attached hydrogens (tertiary/aromatic N) is 1. The first kappa shape index (κ1) is 33.7. The molecule has 0 atom stereocenters. The van der Waals surface area contributed by atoms with Crippen molar-refractivity contribution in [2.24, 2.45) is 0 Å². The van der Waals surface area contributed by atoms with Gasteiger partial charge in [0.1, 0.15) is 11.5 Å². The van der Waals surface area contributed by atoms with E-state index in [9.17, 15) is 0 Å². The second-order valence-electron chi connectivity index (χ2n) is 16.5. The topological polar surface area (TPSA) is 12.5 Å². The van der Waals surface area contributed by atoms with E-state index in [1.807, 2.05) is 0 Å². The van der Waals surface area contributed by atoms with Crippen LogP contribution in [0.15, 0.2) is 200 Å². The van der Waals surface area contributed by atoms with Crippen molar-refractivity contribution in [2.75, 3.05) is 4.90 Å². The zero-order valence-electron chi connectivity index (χ0n) is 32.9. The molecular weight excluding hydrogens is 715 g/mol. The highest BCUT2D eigenvalue weighted by molar-refractivity contribution is 6.15. The summed E-state index contributed by atoms with van der Waals surface area (Å²) >= 11 is 0. The van der Waals surface area contributed by atoms with Gasteiger partial charge in [-0.1, -0.05) is 159 Å². The molecule has 0 unspecified atom stereocenters. The van der Waals surface area contributed by atoms with E-state index in [-0.39, 0.29) is 5.41 Å². The van der Waals surface area contributed by atoms with Crippen molar-refractivity contribution < 1.29 is 4.74 Å². The molecule has 10 aromatic carbocycles. The minimum absolute atomic E-state index is 0.150. The van der Waals surface area contributed by atoms with E-state index >= 15 is 0 Å². The van der Waals surface area contributed by atoms with Crippen LogP contribution in [0.5, 0.6) is 11.5 Å².